The quantitative estimate of drug-likeness (QED) is 0.324. The van der Waals surface area contributed by atoms with E-state index >= 15 is 0 Å². The fraction of sp³-hybridized carbons (Fsp3) is 0.160. The Morgan fingerprint density at radius 1 is 1.16 bits per heavy atom. The molecule has 2 aromatic carbocycles. The smallest absolute Gasteiger partial charge is 0.338 e. The number of hydrogen-bond donors (Lipinski definition) is 1. The zero-order valence-electron chi connectivity index (χ0n) is 17.3. The molecule has 0 aliphatic rings. The molecule has 0 atom stereocenters. The van der Waals surface area contributed by atoms with Crippen LogP contribution in [0, 0.1) is 17.2 Å². The number of nitriles is 1. The highest BCUT2D eigenvalue weighted by Crippen LogP contribution is 2.26. The van der Waals surface area contributed by atoms with Crippen LogP contribution >= 0.6 is 0 Å². The van der Waals surface area contributed by atoms with Crippen molar-refractivity contribution in [2.45, 2.75) is 13.8 Å². The predicted molar refractivity (Wildman–Crippen MR) is 119 cm³/mol. The van der Waals surface area contributed by atoms with Crippen molar-refractivity contribution >= 4 is 28.7 Å². The number of imidazole rings is 1. The molecule has 1 N–H and O–H groups in total. The van der Waals surface area contributed by atoms with Gasteiger partial charge in [-0.2, -0.15) is 5.26 Å². The number of furan rings is 1. The highest BCUT2D eigenvalue weighted by atomic mass is 16.5. The van der Waals surface area contributed by atoms with Crippen LogP contribution in [0.15, 0.2) is 65.1 Å². The standard InChI is InChI=1S/C25H21N3O3/c1-16(2)15-30-25(29)18-9-7-17(8-10-18)23-12-11-20(31-23)13-19(14-26)24-27-21-5-3-4-6-22(21)28-24/h3-13,16H,15H2,1-2H3,(H,27,28)/b19-13-. The van der Waals surface area contributed by atoms with Crippen LogP contribution in [0.5, 0.6) is 0 Å². The number of nitrogens with one attached hydrogen (secondary N) is 1. The number of H-pyrrole nitrogens is 1. The molecular formula is C25H21N3O3. The molecule has 0 spiro atoms. The molecule has 4 aromatic rings. The lowest BCUT2D eigenvalue weighted by Gasteiger charge is -2.07. The molecule has 0 aliphatic carbocycles. The third-order valence-corrected chi connectivity index (χ3v) is 4.63. The third-order valence-electron chi connectivity index (χ3n) is 4.63. The number of benzene rings is 2. The van der Waals surface area contributed by atoms with Crippen LogP contribution in [-0.2, 0) is 4.74 Å². The van der Waals surface area contributed by atoms with Gasteiger partial charge in [0.2, 0.25) is 0 Å². The van der Waals surface area contributed by atoms with Gasteiger partial charge in [0, 0.05) is 11.6 Å². The SMILES string of the molecule is CC(C)COC(=O)c1ccc(-c2ccc(/C=C(/C#N)c3nc4ccccc4[nH]3)o2)cc1. The summed E-state index contributed by atoms with van der Waals surface area (Å²) >= 11 is 0. The van der Waals surface area contributed by atoms with Gasteiger partial charge in [-0.3, -0.25) is 0 Å². The van der Waals surface area contributed by atoms with Crippen LogP contribution in [0.1, 0.15) is 35.8 Å². The van der Waals surface area contributed by atoms with E-state index in [9.17, 15) is 10.1 Å². The summed E-state index contributed by atoms with van der Waals surface area (Å²) in [6.07, 6.45) is 1.65. The number of fused-ring (bicyclic) bond motifs is 1. The predicted octanol–water partition coefficient (Wildman–Crippen LogP) is 5.70. The lowest BCUT2D eigenvalue weighted by molar-refractivity contribution is 0.0459. The maximum Gasteiger partial charge on any atom is 0.338 e. The van der Waals surface area contributed by atoms with Gasteiger partial charge in [0.15, 0.2) is 0 Å². The number of rotatable bonds is 6. The van der Waals surface area contributed by atoms with Crippen molar-refractivity contribution in [2.75, 3.05) is 6.61 Å². The van der Waals surface area contributed by atoms with E-state index in [1.165, 1.54) is 0 Å². The van der Waals surface area contributed by atoms with Gasteiger partial charge in [-0.1, -0.05) is 38.1 Å². The molecule has 31 heavy (non-hydrogen) atoms. The van der Waals surface area contributed by atoms with E-state index in [0.717, 1.165) is 16.6 Å². The first-order valence-corrected chi connectivity index (χ1v) is 9.98. The highest BCUT2D eigenvalue weighted by Gasteiger charge is 2.12. The van der Waals surface area contributed by atoms with Crippen LogP contribution in [-0.4, -0.2) is 22.5 Å². The average molecular weight is 411 g/mol. The van der Waals surface area contributed by atoms with Crippen molar-refractivity contribution in [1.29, 1.82) is 5.26 Å². The number of allylic oxidation sites excluding steroid dienone is 1. The van der Waals surface area contributed by atoms with E-state index in [2.05, 4.69) is 16.0 Å². The Bertz CT molecular complexity index is 1250. The molecule has 0 saturated heterocycles. The third kappa shape index (κ3) is 4.57. The van der Waals surface area contributed by atoms with Crippen LogP contribution in [0.4, 0.5) is 0 Å². The normalized spacial score (nSPS) is 11.6. The molecule has 0 fully saturated rings. The Kier molecular flexibility index (Phi) is 5.67. The zero-order valence-corrected chi connectivity index (χ0v) is 17.3. The molecule has 154 valence electrons. The van der Waals surface area contributed by atoms with Crippen LogP contribution < -0.4 is 0 Å². The Hall–Kier alpha value is -4.11. The summed E-state index contributed by atoms with van der Waals surface area (Å²) in [6.45, 7) is 4.37. The van der Waals surface area contributed by atoms with E-state index in [-0.39, 0.29) is 11.9 Å². The number of ether oxygens (including phenoxy) is 1. The second kappa shape index (κ2) is 8.72. The highest BCUT2D eigenvalue weighted by molar-refractivity contribution is 5.91. The Morgan fingerprint density at radius 3 is 2.65 bits per heavy atom. The van der Waals surface area contributed by atoms with E-state index in [1.54, 1.807) is 24.3 Å². The van der Waals surface area contributed by atoms with Crippen LogP contribution in [0.2, 0.25) is 0 Å². The second-order valence-corrected chi connectivity index (χ2v) is 7.54. The van der Waals surface area contributed by atoms with Gasteiger partial charge >= 0.3 is 5.97 Å². The molecular weight excluding hydrogens is 390 g/mol. The Labute approximate surface area is 179 Å². The summed E-state index contributed by atoms with van der Waals surface area (Å²) in [5.41, 5.74) is 3.35. The van der Waals surface area contributed by atoms with Crippen molar-refractivity contribution in [2.24, 2.45) is 5.92 Å². The topological polar surface area (TPSA) is 91.9 Å². The Balaban J connectivity index is 1.53. The minimum absolute atomic E-state index is 0.288. The molecule has 0 unspecified atom stereocenters. The van der Waals surface area contributed by atoms with Gasteiger partial charge in [-0.25, -0.2) is 9.78 Å². The van der Waals surface area contributed by atoms with Gasteiger partial charge in [0.05, 0.1) is 28.8 Å². The summed E-state index contributed by atoms with van der Waals surface area (Å²) in [5, 5.41) is 9.59. The first kappa shape index (κ1) is 20.2. The van der Waals surface area contributed by atoms with Crippen molar-refractivity contribution in [3.05, 3.63) is 77.8 Å². The molecule has 0 bridgehead atoms. The number of aromatic nitrogens is 2. The monoisotopic (exact) mass is 411 g/mol. The average Bonchev–Trinajstić information content (AvgIpc) is 3.42. The molecule has 2 heterocycles. The van der Waals surface area contributed by atoms with Gasteiger partial charge < -0.3 is 14.1 Å². The zero-order chi connectivity index (χ0) is 21.8. The van der Waals surface area contributed by atoms with E-state index in [1.807, 2.05) is 56.3 Å². The summed E-state index contributed by atoms with van der Waals surface area (Å²) in [5.74, 6) is 1.61. The van der Waals surface area contributed by atoms with E-state index in [4.69, 9.17) is 9.15 Å². The number of esters is 1. The van der Waals surface area contributed by atoms with Gasteiger partial charge in [-0.05, 0) is 42.3 Å². The fourth-order valence-electron chi connectivity index (χ4n) is 3.06. The summed E-state index contributed by atoms with van der Waals surface area (Å²) in [6, 6.07) is 20.4. The van der Waals surface area contributed by atoms with Crippen molar-refractivity contribution in [1.82, 2.24) is 9.97 Å². The van der Waals surface area contributed by atoms with E-state index < -0.39 is 0 Å². The molecule has 0 saturated carbocycles. The maximum absolute atomic E-state index is 12.1. The number of para-hydroxylation sites is 2. The first-order valence-electron chi connectivity index (χ1n) is 9.98. The first-order chi connectivity index (χ1) is 15.0. The number of aromatic amines is 1. The second-order valence-electron chi connectivity index (χ2n) is 7.54. The minimum Gasteiger partial charge on any atom is -0.462 e. The summed E-state index contributed by atoms with van der Waals surface area (Å²) in [4.78, 5) is 19.7. The Morgan fingerprint density at radius 2 is 1.94 bits per heavy atom. The van der Waals surface area contributed by atoms with E-state index in [0.29, 0.717) is 35.1 Å². The fourth-order valence-corrected chi connectivity index (χ4v) is 3.06. The lowest BCUT2D eigenvalue weighted by atomic mass is 10.1. The minimum atomic E-state index is -0.340. The largest absolute Gasteiger partial charge is 0.462 e. The molecule has 2 aromatic heterocycles. The van der Waals surface area contributed by atoms with Gasteiger partial charge in [0.1, 0.15) is 23.4 Å². The number of hydrogen-bond acceptors (Lipinski definition) is 5. The van der Waals surface area contributed by atoms with Gasteiger partial charge in [0.25, 0.3) is 0 Å². The number of carbonyl (C=O) groups is 1. The summed E-state index contributed by atoms with van der Waals surface area (Å²) in [7, 11) is 0. The molecule has 0 amide bonds. The molecule has 6 heteroatoms. The number of carbonyl (C=O) groups excluding carboxylic acids is 1. The molecule has 6 nitrogen and oxygen atoms in total. The van der Waals surface area contributed by atoms with Crippen molar-refractivity contribution < 1.29 is 13.9 Å². The maximum atomic E-state index is 12.1. The molecule has 0 aliphatic heterocycles. The van der Waals surface area contributed by atoms with Crippen LogP contribution in [0.25, 0.3) is 34.0 Å². The lowest BCUT2D eigenvalue weighted by Crippen LogP contribution is -2.09. The number of nitrogens with zero attached hydrogens (tertiary/aromatic N) is 2. The van der Waals surface area contributed by atoms with Crippen molar-refractivity contribution in [3.8, 4) is 17.4 Å². The molecule has 0 radical (unpaired) electrons. The van der Waals surface area contributed by atoms with Crippen molar-refractivity contribution in [3.63, 3.8) is 0 Å². The summed E-state index contributed by atoms with van der Waals surface area (Å²) < 4.78 is 11.1. The molecule has 4 rings (SSSR count). The van der Waals surface area contributed by atoms with Crippen LogP contribution in [0.3, 0.4) is 0 Å². The van der Waals surface area contributed by atoms with Gasteiger partial charge in [-0.15, -0.1) is 0 Å².